The number of rotatable bonds is 7. The van der Waals surface area contributed by atoms with Gasteiger partial charge in [-0.05, 0) is 24.5 Å². The molecule has 6 nitrogen and oxygen atoms in total. The average Bonchev–Trinajstić information content (AvgIpc) is 2.98. The van der Waals surface area contributed by atoms with Crippen LogP contribution in [0, 0.1) is 17.6 Å². The van der Waals surface area contributed by atoms with Crippen LogP contribution in [0.25, 0.3) is 0 Å². The molecule has 8 heteroatoms. The van der Waals surface area contributed by atoms with Gasteiger partial charge in [0.05, 0.1) is 5.92 Å². The summed E-state index contributed by atoms with van der Waals surface area (Å²) in [6, 6.07) is 3.22. The standard InChI is InChI=1S/C14H16F2N4O2/c1-2-3-10(14(21)22)11(13-17-19-20-18-13)6-8-4-5-9(15)7-12(8)16/h4-5,7,10-11H,2-3,6H2,1H3,(H,21,22)(H,17,18,19,20)/t10-,11-/m0/s1. The summed E-state index contributed by atoms with van der Waals surface area (Å²) >= 11 is 0. The SMILES string of the molecule is CCC[C@H](C(=O)O)[C@H](Cc1ccc(F)cc1F)c1nn[nH]n1. The largest absolute Gasteiger partial charge is 0.481 e. The topological polar surface area (TPSA) is 91.8 Å². The third-order valence-electron chi connectivity index (χ3n) is 3.55. The average molecular weight is 310 g/mol. The molecular weight excluding hydrogens is 294 g/mol. The summed E-state index contributed by atoms with van der Waals surface area (Å²) in [7, 11) is 0. The van der Waals surface area contributed by atoms with Gasteiger partial charge in [-0.2, -0.15) is 5.21 Å². The molecule has 0 aliphatic rings. The number of tetrazole rings is 1. The summed E-state index contributed by atoms with van der Waals surface area (Å²) in [6.45, 7) is 1.86. The van der Waals surface area contributed by atoms with Gasteiger partial charge in [0, 0.05) is 12.0 Å². The van der Waals surface area contributed by atoms with Crippen LogP contribution in [-0.2, 0) is 11.2 Å². The Balaban J connectivity index is 2.34. The maximum Gasteiger partial charge on any atom is 0.307 e. The summed E-state index contributed by atoms with van der Waals surface area (Å²) < 4.78 is 26.8. The number of carbonyl (C=O) groups is 1. The lowest BCUT2D eigenvalue weighted by Crippen LogP contribution is -2.25. The van der Waals surface area contributed by atoms with Crippen molar-refractivity contribution in [1.29, 1.82) is 0 Å². The second-order valence-electron chi connectivity index (χ2n) is 5.05. The first-order chi connectivity index (χ1) is 10.5. The van der Waals surface area contributed by atoms with Crippen molar-refractivity contribution in [2.24, 2.45) is 5.92 Å². The molecule has 2 N–H and O–H groups in total. The third kappa shape index (κ3) is 3.63. The van der Waals surface area contributed by atoms with Crippen LogP contribution in [0.3, 0.4) is 0 Å². The molecule has 1 aromatic heterocycles. The lowest BCUT2D eigenvalue weighted by atomic mass is 9.83. The van der Waals surface area contributed by atoms with E-state index in [1.54, 1.807) is 0 Å². The molecule has 0 bridgehead atoms. The predicted molar refractivity (Wildman–Crippen MR) is 73.0 cm³/mol. The smallest absolute Gasteiger partial charge is 0.307 e. The maximum absolute atomic E-state index is 13.9. The molecule has 0 spiro atoms. The molecule has 1 aromatic carbocycles. The zero-order valence-corrected chi connectivity index (χ0v) is 12.0. The van der Waals surface area contributed by atoms with E-state index in [1.165, 1.54) is 6.07 Å². The van der Waals surface area contributed by atoms with Crippen molar-refractivity contribution in [1.82, 2.24) is 20.6 Å². The van der Waals surface area contributed by atoms with Gasteiger partial charge in [0.25, 0.3) is 0 Å². The van der Waals surface area contributed by atoms with Crippen molar-refractivity contribution in [3.8, 4) is 0 Å². The number of halogens is 2. The number of carboxylic acid groups (broad SMARTS) is 1. The minimum atomic E-state index is -1.00. The van der Waals surface area contributed by atoms with Gasteiger partial charge in [-0.25, -0.2) is 8.78 Å². The second kappa shape index (κ2) is 7.06. The Hall–Kier alpha value is -2.38. The van der Waals surface area contributed by atoms with E-state index in [0.717, 1.165) is 12.1 Å². The molecule has 118 valence electrons. The van der Waals surface area contributed by atoms with Gasteiger partial charge in [-0.15, -0.1) is 10.2 Å². The summed E-state index contributed by atoms with van der Waals surface area (Å²) in [6.07, 6.45) is 1.11. The highest BCUT2D eigenvalue weighted by atomic mass is 19.1. The van der Waals surface area contributed by atoms with Crippen LogP contribution in [0.2, 0.25) is 0 Å². The Morgan fingerprint density at radius 1 is 1.41 bits per heavy atom. The molecule has 0 saturated heterocycles. The first kappa shape index (κ1) is 16.0. The van der Waals surface area contributed by atoms with E-state index in [2.05, 4.69) is 20.6 Å². The molecule has 0 aliphatic carbocycles. The number of aromatic nitrogens is 4. The second-order valence-corrected chi connectivity index (χ2v) is 5.05. The van der Waals surface area contributed by atoms with E-state index in [0.29, 0.717) is 12.8 Å². The number of hydrogen-bond acceptors (Lipinski definition) is 4. The van der Waals surface area contributed by atoms with Crippen LogP contribution < -0.4 is 0 Å². The summed E-state index contributed by atoms with van der Waals surface area (Å²) in [4.78, 5) is 11.5. The van der Waals surface area contributed by atoms with Crippen molar-refractivity contribution in [2.75, 3.05) is 0 Å². The number of H-pyrrole nitrogens is 1. The van der Waals surface area contributed by atoms with Crippen LogP contribution in [-0.4, -0.2) is 31.7 Å². The number of carboxylic acids is 1. The number of aliphatic carboxylic acids is 1. The summed E-state index contributed by atoms with van der Waals surface area (Å²) in [5.41, 5.74) is 0.221. The van der Waals surface area contributed by atoms with Gasteiger partial charge in [0.1, 0.15) is 11.6 Å². The fourth-order valence-electron chi connectivity index (χ4n) is 2.47. The lowest BCUT2D eigenvalue weighted by Gasteiger charge is -2.21. The molecule has 0 aliphatic heterocycles. The first-order valence-electron chi connectivity index (χ1n) is 6.93. The van der Waals surface area contributed by atoms with Gasteiger partial charge >= 0.3 is 5.97 Å². The van der Waals surface area contributed by atoms with Crippen LogP contribution in [0.1, 0.15) is 37.1 Å². The summed E-state index contributed by atoms with van der Waals surface area (Å²) in [5.74, 6) is -3.60. The Morgan fingerprint density at radius 2 is 2.18 bits per heavy atom. The minimum Gasteiger partial charge on any atom is -0.481 e. The minimum absolute atomic E-state index is 0.0581. The molecular formula is C14H16F2N4O2. The van der Waals surface area contributed by atoms with Gasteiger partial charge < -0.3 is 5.11 Å². The fourth-order valence-corrected chi connectivity index (χ4v) is 2.47. The van der Waals surface area contributed by atoms with Gasteiger partial charge in [0.2, 0.25) is 0 Å². The van der Waals surface area contributed by atoms with Crippen molar-refractivity contribution >= 4 is 5.97 Å². The third-order valence-corrected chi connectivity index (χ3v) is 3.55. The van der Waals surface area contributed by atoms with E-state index in [1.807, 2.05) is 6.92 Å². The molecule has 22 heavy (non-hydrogen) atoms. The molecule has 0 radical (unpaired) electrons. The molecule has 0 saturated carbocycles. The Kier molecular flexibility index (Phi) is 5.13. The fraction of sp³-hybridized carbons (Fsp3) is 0.429. The normalized spacial score (nSPS) is 13.8. The van der Waals surface area contributed by atoms with Crippen molar-refractivity contribution in [3.05, 3.63) is 41.2 Å². The van der Waals surface area contributed by atoms with Crippen LogP contribution in [0.15, 0.2) is 18.2 Å². The van der Waals surface area contributed by atoms with E-state index >= 15 is 0 Å². The molecule has 0 unspecified atom stereocenters. The number of nitrogens with zero attached hydrogens (tertiary/aromatic N) is 3. The van der Waals surface area contributed by atoms with Gasteiger partial charge in [-0.1, -0.05) is 24.6 Å². The summed E-state index contributed by atoms with van der Waals surface area (Å²) in [5, 5.41) is 22.8. The van der Waals surface area contributed by atoms with Crippen molar-refractivity contribution < 1.29 is 18.7 Å². The van der Waals surface area contributed by atoms with E-state index < -0.39 is 29.4 Å². The molecule has 2 rings (SSSR count). The maximum atomic E-state index is 13.9. The van der Waals surface area contributed by atoms with Gasteiger partial charge in [0.15, 0.2) is 5.82 Å². The van der Waals surface area contributed by atoms with E-state index in [-0.39, 0.29) is 17.8 Å². The van der Waals surface area contributed by atoms with Crippen molar-refractivity contribution in [2.45, 2.75) is 32.1 Å². The van der Waals surface area contributed by atoms with Crippen LogP contribution in [0.4, 0.5) is 8.78 Å². The number of hydrogen-bond donors (Lipinski definition) is 2. The molecule has 1 heterocycles. The number of benzene rings is 1. The highest BCUT2D eigenvalue weighted by molar-refractivity contribution is 5.71. The van der Waals surface area contributed by atoms with Crippen LogP contribution in [0.5, 0.6) is 0 Å². The number of nitrogens with one attached hydrogen (secondary N) is 1. The predicted octanol–water partition coefficient (Wildman–Crippen LogP) is 2.31. The molecule has 2 aromatic rings. The van der Waals surface area contributed by atoms with E-state index in [9.17, 15) is 18.7 Å². The Morgan fingerprint density at radius 3 is 2.73 bits per heavy atom. The van der Waals surface area contributed by atoms with E-state index in [4.69, 9.17) is 0 Å². The number of aromatic amines is 1. The Bertz CT molecular complexity index is 634. The molecule has 0 fully saturated rings. The first-order valence-corrected chi connectivity index (χ1v) is 6.93. The highest BCUT2D eigenvalue weighted by Gasteiger charge is 2.32. The highest BCUT2D eigenvalue weighted by Crippen LogP contribution is 2.30. The van der Waals surface area contributed by atoms with Crippen molar-refractivity contribution in [3.63, 3.8) is 0 Å². The quantitative estimate of drug-likeness (QED) is 0.818. The van der Waals surface area contributed by atoms with Gasteiger partial charge in [-0.3, -0.25) is 4.79 Å². The lowest BCUT2D eigenvalue weighted by molar-refractivity contribution is -0.143. The monoisotopic (exact) mass is 310 g/mol. The molecule has 0 amide bonds. The zero-order chi connectivity index (χ0) is 16.1. The molecule has 2 atom stereocenters. The Labute approximate surface area is 125 Å². The van der Waals surface area contributed by atoms with Crippen LogP contribution >= 0.6 is 0 Å². The zero-order valence-electron chi connectivity index (χ0n) is 12.0.